The molecule has 0 fully saturated rings. The van der Waals surface area contributed by atoms with Crippen LogP contribution >= 0.6 is 0 Å². The number of methoxy groups -OCH3 is 1. The fourth-order valence-corrected chi connectivity index (χ4v) is 2.13. The summed E-state index contributed by atoms with van der Waals surface area (Å²) in [6.07, 6.45) is 1.85. The van der Waals surface area contributed by atoms with E-state index in [2.05, 4.69) is 28.5 Å². The van der Waals surface area contributed by atoms with Crippen LogP contribution in [0.3, 0.4) is 0 Å². The third-order valence-electron chi connectivity index (χ3n) is 3.04. The van der Waals surface area contributed by atoms with Crippen LogP contribution in [0.5, 0.6) is 0 Å². The van der Waals surface area contributed by atoms with Gasteiger partial charge in [0, 0.05) is 26.6 Å². The van der Waals surface area contributed by atoms with Gasteiger partial charge in [0.15, 0.2) is 0 Å². The first kappa shape index (κ1) is 12.1. The van der Waals surface area contributed by atoms with Crippen LogP contribution in [0.15, 0.2) is 24.5 Å². The van der Waals surface area contributed by atoms with E-state index in [0.29, 0.717) is 5.92 Å². The molecule has 92 valence electrons. The van der Waals surface area contributed by atoms with E-state index < -0.39 is 0 Å². The van der Waals surface area contributed by atoms with Crippen LogP contribution in [-0.4, -0.2) is 36.9 Å². The van der Waals surface area contributed by atoms with Gasteiger partial charge in [-0.3, -0.25) is 0 Å². The molecular formula is C13H19N3O. The van der Waals surface area contributed by atoms with Crippen LogP contribution in [-0.2, 0) is 11.8 Å². The first-order chi connectivity index (χ1) is 8.26. The molecule has 0 saturated heterocycles. The maximum absolute atomic E-state index is 5.26. The van der Waals surface area contributed by atoms with Gasteiger partial charge in [-0.25, -0.2) is 4.98 Å². The molecule has 1 atom stereocenters. The third-order valence-corrected chi connectivity index (χ3v) is 3.04. The summed E-state index contributed by atoms with van der Waals surface area (Å²) in [7, 11) is 5.71. The van der Waals surface area contributed by atoms with Gasteiger partial charge in [-0.2, -0.15) is 0 Å². The second-order valence-electron chi connectivity index (χ2n) is 4.31. The number of benzene rings is 1. The molecular weight excluding hydrogens is 214 g/mol. The summed E-state index contributed by atoms with van der Waals surface area (Å²) >= 11 is 0. The minimum absolute atomic E-state index is 0.372. The molecule has 0 aliphatic rings. The lowest BCUT2D eigenvalue weighted by molar-refractivity contribution is 0.178. The van der Waals surface area contributed by atoms with Gasteiger partial charge in [-0.15, -0.1) is 0 Å². The van der Waals surface area contributed by atoms with Gasteiger partial charge in [0.25, 0.3) is 0 Å². The highest BCUT2D eigenvalue weighted by Gasteiger charge is 2.12. The SMILES string of the molecule is CNCC(COC)c1ccc2c(c1)ncn2C. The molecule has 17 heavy (non-hydrogen) atoms. The van der Waals surface area contributed by atoms with E-state index in [4.69, 9.17) is 4.74 Å². The van der Waals surface area contributed by atoms with Crippen molar-refractivity contribution in [1.29, 1.82) is 0 Å². The Kier molecular flexibility index (Phi) is 3.76. The summed E-state index contributed by atoms with van der Waals surface area (Å²) in [5.74, 6) is 0.372. The van der Waals surface area contributed by atoms with Crippen molar-refractivity contribution < 1.29 is 4.74 Å². The maximum Gasteiger partial charge on any atom is 0.0955 e. The maximum atomic E-state index is 5.26. The number of hydrogen-bond donors (Lipinski definition) is 1. The number of ether oxygens (including phenoxy) is 1. The molecule has 4 heteroatoms. The van der Waals surface area contributed by atoms with Crippen molar-refractivity contribution in [2.75, 3.05) is 27.3 Å². The van der Waals surface area contributed by atoms with Gasteiger partial charge in [-0.05, 0) is 24.7 Å². The molecule has 0 radical (unpaired) electrons. The summed E-state index contributed by atoms with van der Waals surface area (Å²) in [5, 5.41) is 3.20. The zero-order chi connectivity index (χ0) is 12.3. The number of rotatable bonds is 5. The van der Waals surface area contributed by atoms with Gasteiger partial charge < -0.3 is 14.6 Å². The lowest BCUT2D eigenvalue weighted by Crippen LogP contribution is -2.20. The Morgan fingerprint density at radius 3 is 3.00 bits per heavy atom. The van der Waals surface area contributed by atoms with Crippen molar-refractivity contribution in [3.05, 3.63) is 30.1 Å². The normalized spacial score (nSPS) is 13.1. The molecule has 1 unspecified atom stereocenters. The molecule has 2 rings (SSSR count). The number of hydrogen-bond acceptors (Lipinski definition) is 3. The van der Waals surface area contributed by atoms with Crippen molar-refractivity contribution in [2.45, 2.75) is 5.92 Å². The third kappa shape index (κ3) is 2.48. The average Bonchev–Trinajstić information content (AvgIpc) is 2.70. The number of likely N-dealkylation sites (N-methyl/N-ethyl adjacent to an activating group) is 1. The van der Waals surface area contributed by atoms with E-state index in [9.17, 15) is 0 Å². The van der Waals surface area contributed by atoms with Crippen molar-refractivity contribution in [2.24, 2.45) is 7.05 Å². The first-order valence-corrected chi connectivity index (χ1v) is 5.80. The molecule has 1 N–H and O–H groups in total. The average molecular weight is 233 g/mol. The molecule has 0 spiro atoms. The topological polar surface area (TPSA) is 39.1 Å². The molecule has 0 amide bonds. The zero-order valence-corrected chi connectivity index (χ0v) is 10.6. The van der Waals surface area contributed by atoms with Crippen molar-refractivity contribution in [3.8, 4) is 0 Å². The van der Waals surface area contributed by atoms with Crippen LogP contribution in [0.1, 0.15) is 11.5 Å². The Morgan fingerprint density at radius 1 is 1.47 bits per heavy atom. The quantitative estimate of drug-likeness (QED) is 0.851. The number of fused-ring (bicyclic) bond motifs is 1. The number of aryl methyl sites for hydroxylation is 1. The van der Waals surface area contributed by atoms with E-state index in [1.165, 1.54) is 5.56 Å². The Labute approximate surface area is 102 Å². The highest BCUT2D eigenvalue weighted by atomic mass is 16.5. The Balaban J connectivity index is 2.33. The minimum Gasteiger partial charge on any atom is -0.384 e. The van der Waals surface area contributed by atoms with E-state index >= 15 is 0 Å². The van der Waals surface area contributed by atoms with E-state index in [0.717, 1.165) is 24.2 Å². The molecule has 2 aromatic rings. The predicted octanol–water partition coefficient (Wildman–Crippen LogP) is 1.52. The van der Waals surface area contributed by atoms with Crippen LogP contribution < -0.4 is 5.32 Å². The van der Waals surface area contributed by atoms with Gasteiger partial charge >= 0.3 is 0 Å². The standard InChI is InChI=1S/C13H19N3O/c1-14-7-11(8-17-3)10-4-5-13-12(6-10)15-9-16(13)2/h4-6,9,11,14H,7-8H2,1-3H3. The molecule has 0 aliphatic carbocycles. The number of nitrogens with zero attached hydrogens (tertiary/aromatic N) is 2. The lowest BCUT2D eigenvalue weighted by atomic mass is 9.99. The highest BCUT2D eigenvalue weighted by Crippen LogP contribution is 2.20. The van der Waals surface area contributed by atoms with Crippen LogP contribution in [0.25, 0.3) is 11.0 Å². The summed E-state index contributed by atoms with van der Waals surface area (Å²) in [6.45, 7) is 1.63. The molecule has 0 aliphatic heterocycles. The van der Waals surface area contributed by atoms with Crippen molar-refractivity contribution in [3.63, 3.8) is 0 Å². The van der Waals surface area contributed by atoms with Gasteiger partial charge in [0.05, 0.1) is 24.0 Å². The predicted molar refractivity (Wildman–Crippen MR) is 69.3 cm³/mol. The summed E-state index contributed by atoms with van der Waals surface area (Å²) in [6, 6.07) is 6.43. The Morgan fingerprint density at radius 2 is 2.29 bits per heavy atom. The van der Waals surface area contributed by atoms with Crippen LogP contribution in [0, 0.1) is 0 Å². The minimum atomic E-state index is 0.372. The number of nitrogens with one attached hydrogen (secondary N) is 1. The number of aromatic nitrogens is 2. The first-order valence-electron chi connectivity index (χ1n) is 5.80. The van der Waals surface area contributed by atoms with Crippen LogP contribution in [0.2, 0.25) is 0 Å². The Hall–Kier alpha value is -1.39. The second kappa shape index (κ2) is 5.29. The lowest BCUT2D eigenvalue weighted by Gasteiger charge is -2.16. The van der Waals surface area contributed by atoms with Gasteiger partial charge in [0.2, 0.25) is 0 Å². The van der Waals surface area contributed by atoms with Crippen LogP contribution in [0.4, 0.5) is 0 Å². The fourth-order valence-electron chi connectivity index (χ4n) is 2.13. The molecule has 4 nitrogen and oxygen atoms in total. The fraction of sp³-hybridized carbons (Fsp3) is 0.462. The Bertz CT molecular complexity index is 486. The molecule has 1 aromatic carbocycles. The second-order valence-corrected chi connectivity index (χ2v) is 4.31. The molecule has 0 saturated carbocycles. The monoisotopic (exact) mass is 233 g/mol. The van der Waals surface area contributed by atoms with E-state index in [1.54, 1.807) is 7.11 Å². The molecule has 0 bridgehead atoms. The number of imidazole rings is 1. The van der Waals surface area contributed by atoms with Gasteiger partial charge in [0.1, 0.15) is 0 Å². The summed E-state index contributed by atoms with van der Waals surface area (Å²) < 4.78 is 7.29. The van der Waals surface area contributed by atoms with E-state index in [1.807, 2.05) is 25.0 Å². The van der Waals surface area contributed by atoms with Crippen molar-refractivity contribution in [1.82, 2.24) is 14.9 Å². The molecule has 1 heterocycles. The summed E-state index contributed by atoms with van der Waals surface area (Å²) in [4.78, 5) is 4.38. The van der Waals surface area contributed by atoms with E-state index in [-0.39, 0.29) is 0 Å². The summed E-state index contributed by atoms with van der Waals surface area (Å²) in [5.41, 5.74) is 3.48. The van der Waals surface area contributed by atoms with Gasteiger partial charge in [-0.1, -0.05) is 6.07 Å². The van der Waals surface area contributed by atoms with Crippen molar-refractivity contribution >= 4 is 11.0 Å². The smallest absolute Gasteiger partial charge is 0.0955 e. The molecule has 1 aromatic heterocycles. The zero-order valence-electron chi connectivity index (χ0n) is 10.6. The largest absolute Gasteiger partial charge is 0.384 e. The highest BCUT2D eigenvalue weighted by molar-refractivity contribution is 5.76.